The first kappa shape index (κ1) is 19.7. The molecule has 0 aromatic carbocycles. The fraction of sp³-hybridized carbons (Fsp3) is 0.250. The summed E-state index contributed by atoms with van der Waals surface area (Å²) in [6.07, 6.45) is 7.03. The van der Waals surface area contributed by atoms with Crippen LogP contribution in [0.4, 0.5) is 0 Å². The third-order valence-electron chi connectivity index (χ3n) is 3.34. The summed E-state index contributed by atoms with van der Waals surface area (Å²) < 4.78 is 1.51. The molecule has 9 heteroatoms. The van der Waals surface area contributed by atoms with Crippen molar-refractivity contribution in [2.75, 3.05) is 0 Å². The molecule has 5 N–H and O–H groups in total. The zero-order valence-electron chi connectivity index (χ0n) is 13.5. The van der Waals surface area contributed by atoms with E-state index in [9.17, 15) is 14.4 Å². The molecule has 1 unspecified atom stereocenters. The minimum Gasteiger partial charge on any atom is -0.481 e. The molecule has 1 aromatic heterocycles. The zero-order chi connectivity index (χ0) is 19.2. The summed E-state index contributed by atoms with van der Waals surface area (Å²) in [5.74, 6) is -3.17. The molecule has 2 rings (SSSR count). The largest absolute Gasteiger partial charge is 0.481 e. The Morgan fingerprint density at radius 1 is 1.36 bits per heavy atom. The number of aliphatic carboxylic acids is 2. The van der Waals surface area contributed by atoms with Crippen LogP contribution in [-0.4, -0.2) is 43.0 Å². The number of nitrogens with two attached hydrogens (primary N) is 1. The molecule has 25 heavy (non-hydrogen) atoms. The molecule has 0 amide bonds. The van der Waals surface area contributed by atoms with E-state index in [4.69, 9.17) is 21.1 Å². The van der Waals surface area contributed by atoms with E-state index >= 15 is 0 Å². The fourth-order valence-corrected chi connectivity index (χ4v) is 2.09. The van der Waals surface area contributed by atoms with Gasteiger partial charge in [0.05, 0.1) is 23.7 Å². The first-order chi connectivity index (χ1) is 11.6. The van der Waals surface area contributed by atoms with Gasteiger partial charge in [-0.25, -0.2) is 9.59 Å². The summed E-state index contributed by atoms with van der Waals surface area (Å²) >= 11 is 0. The maximum atomic E-state index is 10.9. The third-order valence-corrected chi connectivity index (χ3v) is 3.34. The van der Waals surface area contributed by atoms with Gasteiger partial charge in [0, 0.05) is 17.5 Å². The molecular formula is C16H19N3O6. The molecule has 134 valence electrons. The van der Waals surface area contributed by atoms with Gasteiger partial charge in [0.1, 0.15) is 0 Å². The van der Waals surface area contributed by atoms with Crippen LogP contribution in [-0.2, 0) is 16.1 Å². The van der Waals surface area contributed by atoms with Crippen LogP contribution in [0.3, 0.4) is 0 Å². The number of aromatic nitrogens is 2. The van der Waals surface area contributed by atoms with Gasteiger partial charge < -0.3 is 21.1 Å². The summed E-state index contributed by atoms with van der Waals surface area (Å²) in [5, 5.41) is 29.9. The van der Waals surface area contributed by atoms with Crippen molar-refractivity contribution >= 4 is 17.9 Å². The lowest BCUT2D eigenvalue weighted by atomic mass is 9.79. The van der Waals surface area contributed by atoms with Crippen LogP contribution in [0, 0.1) is 5.41 Å². The summed E-state index contributed by atoms with van der Waals surface area (Å²) in [4.78, 5) is 31.9. The smallest absolute Gasteiger partial charge is 0.338 e. The Bertz CT molecular complexity index is 762. The van der Waals surface area contributed by atoms with Crippen LogP contribution in [0.5, 0.6) is 0 Å². The van der Waals surface area contributed by atoms with E-state index < -0.39 is 23.3 Å². The number of carbonyl (C=O) groups is 3. The van der Waals surface area contributed by atoms with Crippen molar-refractivity contribution in [1.29, 1.82) is 0 Å². The predicted octanol–water partition coefficient (Wildman–Crippen LogP) is 1.10. The van der Waals surface area contributed by atoms with Crippen LogP contribution in [0.1, 0.15) is 23.7 Å². The summed E-state index contributed by atoms with van der Waals surface area (Å²) in [7, 11) is 0. The van der Waals surface area contributed by atoms with E-state index in [1.54, 1.807) is 6.08 Å². The molecule has 1 aliphatic rings. The number of carboxylic acid groups (broad SMARTS) is 3. The van der Waals surface area contributed by atoms with Crippen molar-refractivity contribution in [1.82, 2.24) is 9.78 Å². The highest BCUT2D eigenvalue weighted by Crippen LogP contribution is 2.32. The zero-order valence-corrected chi connectivity index (χ0v) is 13.5. The van der Waals surface area contributed by atoms with Gasteiger partial charge in [0.25, 0.3) is 0 Å². The molecule has 9 nitrogen and oxygen atoms in total. The number of allylic oxidation sites excluding steroid dienone is 2. The van der Waals surface area contributed by atoms with E-state index in [0.717, 1.165) is 0 Å². The Hall–Kier alpha value is -3.36. The second kappa shape index (κ2) is 7.95. The highest BCUT2D eigenvalue weighted by atomic mass is 16.4. The molecule has 0 fully saturated rings. The normalized spacial score (nSPS) is 18.9. The SMILES string of the molecule is C=CCn1cc(C(=O)O)cn1.CC1(C(=O)O)C=C(N)C=C(C(=O)O)C1. The first-order valence-electron chi connectivity index (χ1n) is 7.11. The van der Waals surface area contributed by atoms with E-state index in [0.29, 0.717) is 6.54 Å². The summed E-state index contributed by atoms with van der Waals surface area (Å²) in [6.45, 7) is 5.48. The molecule has 0 spiro atoms. The van der Waals surface area contributed by atoms with Crippen LogP contribution in [0.2, 0.25) is 0 Å². The lowest BCUT2D eigenvalue weighted by Crippen LogP contribution is -2.30. The number of carboxylic acids is 3. The Kier molecular flexibility index (Phi) is 6.26. The van der Waals surface area contributed by atoms with Crippen LogP contribution >= 0.6 is 0 Å². The number of aromatic carboxylic acids is 1. The molecular weight excluding hydrogens is 330 g/mol. The van der Waals surface area contributed by atoms with E-state index in [1.807, 2.05) is 0 Å². The summed E-state index contributed by atoms with van der Waals surface area (Å²) in [5.41, 5.74) is 4.62. The van der Waals surface area contributed by atoms with Crippen molar-refractivity contribution in [3.8, 4) is 0 Å². The lowest BCUT2D eigenvalue weighted by molar-refractivity contribution is -0.145. The highest BCUT2D eigenvalue weighted by molar-refractivity contribution is 5.90. The molecule has 1 aliphatic carbocycles. The minimum atomic E-state index is -1.22. The summed E-state index contributed by atoms with van der Waals surface area (Å²) in [6, 6.07) is 0. The van der Waals surface area contributed by atoms with Crippen LogP contribution in [0.25, 0.3) is 0 Å². The molecule has 1 aromatic rings. The molecule has 0 saturated carbocycles. The third kappa shape index (κ3) is 5.34. The topological polar surface area (TPSA) is 156 Å². The van der Waals surface area contributed by atoms with Crippen LogP contribution < -0.4 is 5.73 Å². The molecule has 0 aliphatic heterocycles. The Balaban J connectivity index is 0.000000257. The Labute approximate surface area is 143 Å². The number of hydrogen-bond donors (Lipinski definition) is 4. The quantitative estimate of drug-likeness (QED) is 0.576. The average Bonchev–Trinajstić information content (AvgIpc) is 2.96. The second-order valence-corrected chi connectivity index (χ2v) is 5.56. The Morgan fingerprint density at radius 3 is 2.44 bits per heavy atom. The van der Waals surface area contributed by atoms with Crippen molar-refractivity contribution < 1.29 is 29.7 Å². The van der Waals surface area contributed by atoms with Gasteiger partial charge >= 0.3 is 17.9 Å². The maximum absolute atomic E-state index is 10.9. The van der Waals surface area contributed by atoms with Gasteiger partial charge in [-0.2, -0.15) is 5.10 Å². The van der Waals surface area contributed by atoms with Gasteiger partial charge in [0.15, 0.2) is 0 Å². The molecule has 0 bridgehead atoms. The maximum Gasteiger partial charge on any atom is 0.338 e. The standard InChI is InChI=1S/C9H11NO4.C7H8N2O2/c1-9(8(13)14)3-5(7(11)12)2-6(10)4-9;1-2-3-9-5-6(4-8-9)7(10)11/h2,4H,3,10H2,1H3,(H,11,12)(H,13,14);2,4-5H,1,3H2,(H,10,11). The van der Waals surface area contributed by atoms with Crippen molar-refractivity contribution in [3.63, 3.8) is 0 Å². The van der Waals surface area contributed by atoms with Gasteiger partial charge in [-0.1, -0.05) is 6.08 Å². The number of hydrogen-bond acceptors (Lipinski definition) is 5. The van der Waals surface area contributed by atoms with E-state index in [-0.39, 0.29) is 23.3 Å². The fourth-order valence-electron chi connectivity index (χ4n) is 2.09. The average molecular weight is 349 g/mol. The molecule has 0 radical (unpaired) electrons. The predicted molar refractivity (Wildman–Crippen MR) is 87.7 cm³/mol. The lowest BCUT2D eigenvalue weighted by Gasteiger charge is -2.24. The van der Waals surface area contributed by atoms with E-state index in [1.165, 1.54) is 36.2 Å². The Morgan fingerprint density at radius 2 is 2.00 bits per heavy atom. The molecule has 1 heterocycles. The van der Waals surface area contributed by atoms with Crippen LogP contribution in [0.15, 0.2) is 48.5 Å². The first-order valence-corrected chi connectivity index (χ1v) is 7.11. The second-order valence-electron chi connectivity index (χ2n) is 5.56. The van der Waals surface area contributed by atoms with Gasteiger partial charge in [-0.05, 0) is 25.5 Å². The minimum absolute atomic E-state index is 0.0231. The highest BCUT2D eigenvalue weighted by Gasteiger charge is 2.36. The monoisotopic (exact) mass is 349 g/mol. The van der Waals surface area contributed by atoms with Crippen molar-refractivity contribution in [2.45, 2.75) is 19.9 Å². The molecule has 1 atom stereocenters. The number of rotatable bonds is 5. The molecule has 0 saturated heterocycles. The van der Waals surface area contributed by atoms with Crippen molar-refractivity contribution in [3.05, 3.63) is 54.0 Å². The van der Waals surface area contributed by atoms with Gasteiger partial charge in [0.2, 0.25) is 0 Å². The van der Waals surface area contributed by atoms with E-state index in [2.05, 4.69) is 11.7 Å². The number of nitrogens with zero attached hydrogens (tertiary/aromatic N) is 2. The van der Waals surface area contributed by atoms with Gasteiger partial charge in [-0.3, -0.25) is 9.48 Å². The van der Waals surface area contributed by atoms with Gasteiger partial charge in [-0.15, -0.1) is 6.58 Å². The van der Waals surface area contributed by atoms with Crippen molar-refractivity contribution in [2.24, 2.45) is 11.1 Å².